The van der Waals surface area contributed by atoms with Crippen LogP contribution < -0.4 is 9.64 Å². The van der Waals surface area contributed by atoms with Crippen molar-refractivity contribution in [1.82, 2.24) is 14.9 Å². The van der Waals surface area contributed by atoms with Crippen LogP contribution in [0, 0.1) is 0 Å². The van der Waals surface area contributed by atoms with E-state index < -0.39 is 5.97 Å². The number of carboxylic acid groups (broad SMARTS) is 1. The van der Waals surface area contributed by atoms with E-state index in [1.54, 1.807) is 6.20 Å². The Hall–Kier alpha value is -4.43. The van der Waals surface area contributed by atoms with Crippen LogP contribution in [-0.4, -0.2) is 58.1 Å². The number of carbonyl (C=O) groups is 2. The molecular weight excluding hydrogens is 564 g/mol. The van der Waals surface area contributed by atoms with Gasteiger partial charge in [0.15, 0.2) is 0 Å². The topological polar surface area (TPSA) is 95.9 Å². The second-order valence-electron chi connectivity index (χ2n) is 10.5. The van der Waals surface area contributed by atoms with E-state index in [9.17, 15) is 14.7 Å². The maximum Gasteiger partial charge on any atom is 0.305 e. The van der Waals surface area contributed by atoms with Gasteiger partial charge in [0.1, 0.15) is 12.4 Å². The number of anilines is 1. The minimum Gasteiger partial charge on any atom is -0.492 e. The number of rotatable bonds is 13. The Morgan fingerprint density at radius 3 is 2.40 bits per heavy atom. The normalized spacial score (nSPS) is 14.4. The lowest BCUT2D eigenvalue weighted by Crippen LogP contribution is -2.37. The molecule has 0 saturated carbocycles. The largest absolute Gasteiger partial charge is 0.492 e. The molecular formula is C34H35ClN4O4. The van der Waals surface area contributed by atoms with Gasteiger partial charge in [0.05, 0.1) is 30.3 Å². The molecule has 9 heteroatoms. The van der Waals surface area contributed by atoms with Gasteiger partial charge in [-0.2, -0.15) is 0 Å². The molecule has 222 valence electrons. The molecule has 0 spiro atoms. The number of hydrogen-bond acceptors (Lipinski definition) is 6. The first kappa shape index (κ1) is 30.0. The van der Waals surface area contributed by atoms with Crippen LogP contribution in [0.25, 0.3) is 0 Å². The number of amides is 1. The van der Waals surface area contributed by atoms with Crippen LogP contribution in [0.15, 0.2) is 91.1 Å². The second kappa shape index (κ2) is 14.6. The summed E-state index contributed by atoms with van der Waals surface area (Å²) in [5.41, 5.74) is 3.31. The maximum absolute atomic E-state index is 14.0. The van der Waals surface area contributed by atoms with Crippen molar-refractivity contribution in [2.45, 2.75) is 38.1 Å². The molecule has 1 atom stereocenters. The third-order valence-corrected chi connectivity index (χ3v) is 7.85. The van der Waals surface area contributed by atoms with Gasteiger partial charge < -0.3 is 19.6 Å². The number of carbonyl (C=O) groups excluding carboxylic acids is 1. The molecule has 5 rings (SSSR count). The Morgan fingerprint density at radius 1 is 0.953 bits per heavy atom. The number of ether oxygens (including phenoxy) is 1. The SMILES string of the molecule is O=C(O)CCN(CCOc1ccccc1)C(=O)c1cnc(N2CCCC2c2ccc(Cl)cc2)nc1CCc1ccccc1. The van der Waals surface area contributed by atoms with E-state index in [-0.39, 0.29) is 38.1 Å². The number of benzene rings is 3. The van der Waals surface area contributed by atoms with Crippen LogP contribution in [0.2, 0.25) is 5.02 Å². The zero-order valence-corrected chi connectivity index (χ0v) is 24.7. The highest BCUT2D eigenvalue weighted by atomic mass is 35.5. The van der Waals surface area contributed by atoms with Gasteiger partial charge in [0, 0.05) is 24.3 Å². The van der Waals surface area contributed by atoms with E-state index in [1.807, 2.05) is 72.8 Å². The second-order valence-corrected chi connectivity index (χ2v) is 11.0. The van der Waals surface area contributed by atoms with Crippen molar-refractivity contribution in [2.75, 3.05) is 31.1 Å². The predicted octanol–water partition coefficient (Wildman–Crippen LogP) is 6.25. The van der Waals surface area contributed by atoms with E-state index in [2.05, 4.69) is 22.0 Å². The Morgan fingerprint density at radius 2 is 1.67 bits per heavy atom. The van der Waals surface area contributed by atoms with Gasteiger partial charge in [-0.3, -0.25) is 9.59 Å². The van der Waals surface area contributed by atoms with Crippen molar-refractivity contribution in [1.29, 1.82) is 0 Å². The van der Waals surface area contributed by atoms with Crippen LogP contribution in [-0.2, 0) is 17.6 Å². The van der Waals surface area contributed by atoms with Crippen molar-refractivity contribution in [3.05, 3.63) is 119 Å². The zero-order valence-electron chi connectivity index (χ0n) is 23.9. The molecule has 43 heavy (non-hydrogen) atoms. The summed E-state index contributed by atoms with van der Waals surface area (Å²) in [5.74, 6) is -0.00469. The molecule has 0 bridgehead atoms. The molecule has 1 amide bonds. The molecule has 0 aliphatic carbocycles. The van der Waals surface area contributed by atoms with Gasteiger partial charge in [-0.25, -0.2) is 9.97 Å². The van der Waals surface area contributed by atoms with Gasteiger partial charge in [-0.05, 0) is 61.1 Å². The van der Waals surface area contributed by atoms with E-state index in [4.69, 9.17) is 21.3 Å². The highest BCUT2D eigenvalue weighted by molar-refractivity contribution is 6.30. The lowest BCUT2D eigenvalue weighted by Gasteiger charge is -2.27. The van der Waals surface area contributed by atoms with E-state index in [0.717, 1.165) is 30.5 Å². The standard InChI is InChI=1S/C34H35ClN4O4/c35-27-16-14-26(15-17-27)31-12-7-20-39(31)34-36-24-29(30(37-34)18-13-25-8-3-1-4-9-25)33(42)38(21-19-32(40)41)22-23-43-28-10-5-2-6-11-28/h1-6,8-11,14-17,24,31H,7,12-13,18-23H2,(H,40,41). The van der Waals surface area contributed by atoms with Gasteiger partial charge >= 0.3 is 5.97 Å². The Kier molecular flexibility index (Phi) is 10.2. The highest BCUT2D eigenvalue weighted by Crippen LogP contribution is 2.35. The third-order valence-electron chi connectivity index (χ3n) is 7.60. The molecule has 3 aromatic carbocycles. The average Bonchev–Trinajstić information content (AvgIpc) is 3.53. The molecule has 4 aromatic rings. The minimum atomic E-state index is -0.972. The first-order chi connectivity index (χ1) is 21.0. The molecule has 0 radical (unpaired) electrons. The first-order valence-electron chi connectivity index (χ1n) is 14.6. The summed E-state index contributed by atoms with van der Waals surface area (Å²) in [7, 11) is 0. The summed E-state index contributed by atoms with van der Waals surface area (Å²) in [6, 6.07) is 27.4. The van der Waals surface area contributed by atoms with Crippen molar-refractivity contribution >= 4 is 29.4 Å². The average molecular weight is 599 g/mol. The molecule has 1 unspecified atom stereocenters. The highest BCUT2D eigenvalue weighted by Gasteiger charge is 2.30. The molecule has 1 fully saturated rings. The quantitative estimate of drug-likeness (QED) is 0.194. The van der Waals surface area contributed by atoms with Crippen LogP contribution in [0.1, 0.15) is 52.5 Å². The summed E-state index contributed by atoms with van der Waals surface area (Å²) >= 11 is 6.14. The van der Waals surface area contributed by atoms with Crippen molar-refractivity contribution in [3.63, 3.8) is 0 Å². The summed E-state index contributed by atoms with van der Waals surface area (Å²) in [5, 5.41) is 10.1. The summed E-state index contributed by atoms with van der Waals surface area (Å²) in [6.07, 6.45) is 4.63. The van der Waals surface area contributed by atoms with E-state index >= 15 is 0 Å². The Bertz CT molecular complexity index is 1500. The fourth-order valence-corrected chi connectivity index (χ4v) is 5.49. The number of aryl methyl sites for hydroxylation is 2. The monoisotopic (exact) mass is 598 g/mol. The fourth-order valence-electron chi connectivity index (χ4n) is 5.37. The summed E-state index contributed by atoms with van der Waals surface area (Å²) in [6.45, 7) is 1.31. The number of aliphatic carboxylic acids is 1. The molecule has 8 nitrogen and oxygen atoms in total. The van der Waals surface area contributed by atoms with Crippen LogP contribution >= 0.6 is 11.6 Å². The van der Waals surface area contributed by atoms with Crippen molar-refractivity contribution < 1.29 is 19.4 Å². The van der Waals surface area contributed by atoms with Gasteiger partial charge in [-0.15, -0.1) is 0 Å². The predicted molar refractivity (Wildman–Crippen MR) is 167 cm³/mol. The van der Waals surface area contributed by atoms with E-state index in [0.29, 0.717) is 40.8 Å². The zero-order chi connectivity index (χ0) is 30.0. The van der Waals surface area contributed by atoms with Gasteiger partial charge in [-0.1, -0.05) is 72.3 Å². The number of aromatic nitrogens is 2. The number of halogens is 1. The number of carboxylic acids is 1. The van der Waals surface area contributed by atoms with Gasteiger partial charge in [0.25, 0.3) is 5.91 Å². The molecule has 1 saturated heterocycles. The number of nitrogens with zero attached hydrogens (tertiary/aromatic N) is 4. The maximum atomic E-state index is 14.0. The van der Waals surface area contributed by atoms with Crippen molar-refractivity contribution in [2.24, 2.45) is 0 Å². The molecule has 1 N–H and O–H groups in total. The smallest absolute Gasteiger partial charge is 0.305 e. The molecule has 1 aromatic heterocycles. The Labute approximate surface area is 256 Å². The molecule has 1 aliphatic rings. The summed E-state index contributed by atoms with van der Waals surface area (Å²) in [4.78, 5) is 38.8. The number of hydrogen-bond donors (Lipinski definition) is 1. The van der Waals surface area contributed by atoms with Crippen LogP contribution in [0.4, 0.5) is 5.95 Å². The first-order valence-corrected chi connectivity index (χ1v) is 15.0. The lowest BCUT2D eigenvalue weighted by atomic mass is 10.0. The van der Waals surface area contributed by atoms with Crippen molar-refractivity contribution in [3.8, 4) is 5.75 Å². The van der Waals surface area contributed by atoms with Crippen LogP contribution in [0.3, 0.4) is 0 Å². The molecule has 1 aliphatic heterocycles. The lowest BCUT2D eigenvalue weighted by molar-refractivity contribution is -0.137. The minimum absolute atomic E-state index is 0.0525. The number of para-hydroxylation sites is 1. The van der Waals surface area contributed by atoms with E-state index in [1.165, 1.54) is 4.90 Å². The van der Waals surface area contributed by atoms with Crippen LogP contribution in [0.5, 0.6) is 5.75 Å². The van der Waals surface area contributed by atoms with Gasteiger partial charge in [0.2, 0.25) is 5.95 Å². The summed E-state index contributed by atoms with van der Waals surface area (Å²) < 4.78 is 5.83. The molecule has 2 heterocycles. The fraction of sp³-hybridized carbons (Fsp3) is 0.294. The third kappa shape index (κ3) is 8.11. The Balaban J connectivity index is 1.41.